The van der Waals surface area contributed by atoms with E-state index in [1.165, 1.54) is 5.56 Å². The van der Waals surface area contributed by atoms with E-state index in [-0.39, 0.29) is 5.91 Å². The molecule has 1 heterocycles. The molecule has 1 aromatic heterocycles. The summed E-state index contributed by atoms with van der Waals surface area (Å²) in [5.74, 6) is -0.260. The molecule has 27 heavy (non-hydrogen) atoms. The number of rotatable bonds is 5. The molecule has 0 spiro atoms. The summed E-state index contributed by atoms with van der Waals surface area (Å²) in [4.78, 5) is 12.6. The van der Waals surface area contributed by atoms with Crippen LogP contribution in [0.1, 0.15) is 46.2 Å². The Hall–Kier alpha value is -3.21. The molecule has 0 bridgehead atoms. The molecule has 5 nitrogen and oxygen atoms in total. The second-order valence-electron chi connectivity index (χ2n) is 6.67. The summed E-state index contributed by atoms with van der Waals surface area (Å²) in [5.41, 5.74) is 8.48. The summed E-state index contributed by atoms with van der Waals surface area (Å²) >= 11 is 0. The lowest BCUT2D eigenvalue weighted by Crippen LogP contribution is -2.20. The van der Waals surface area contributed by atoms with Crippen molar-refractivity contribution in [1.29, 1.82) is 0 Å². The summed E-state index contributed by atoms with van der Waals surface area (Å²) in [7, 11) is 0. The first-order valence-electron chi connectivity index (χ1n) is 9.35. The number of nitrogens with zero attached hydrogens (tertiary/aromatic N) is 3. The van der Waals surface area contributed by atoms with Crippen molar-refractivity contribution in [2.45, 2.75) is 32.6 Å². The highest BCUT2D eigenvalue weighted by Gasteiger charge is 2.26. The summed E-state index contributed by atoms with van der Waals surface area (Å²) in [6, 6.07) is 18.1. The molecule has 0 fully saturated rings. The van der Waals surface area contributed by atoms with Crippen LogP contribution in [0.25, 0.3) is 5.69 Å². The van der Waals surface area contributed by atoms with Crippen LogP contribution >= 0.6 is 0 Å². The van der Waals surface area contributed by atoms with Gasteiger partial charge in [-0.25, -0.2) is 10.1 Å². The Balaban J connectivity index is 1.53. The van der Waals surface area contributed by atoms with E-state index in [4.69, 9.17) is 0 Å². The second-order valence-corrected chi connectivity index (χ2v) is 6.67. The van der Waals surface area contributed by atoms with Crippen molar-refractivity contribution in [3.8, 4) is 5.69 Å². The highest BCUT2D eigenvalue weighted by atomic mass is 16.2. The number of hydrazone groups is 1. The minimum atomic E-state index is -0.260. The normalized spacial score (nSPS) is 13.1. The number of aryl methyl sites for hydroxylation is 1. The van der Waals surface area contributed by atoms with E-state index in [0.29, 0.717) is 5.69 Å². The fraction of sp³-hybridized carbons (Fsp3) is 0.227. The predicted octanol–water partition coefficient (Wildman–Crippen LogP) is 3.69. The number of aromatic nitrogens is 2. The summed E-state index contributed by atoms with van der Waals surface area (Å²) in [5, 5.41) is 8.69. The Morgan fingerprint density at radius 1 is 1.15 bits per heavy atom. The van der Waals surface area contributed by atoms with E-state index >= 15 is 0 Å². The van der Waals surface area contributed by atoms with Crippen LogP contribution < -0.4 is 5.43 Å². The van der Waals surface area contributed by atoms with Crippen LogP contribution in [0.15, 0.2) is 59.7 Å². The van der Waals surface area contributed by atoms with Crippen molar-refractivity contribution in [3.63, 3.8) is 0 Å². The maximum absolute atomic E-state index is 12.6. The molecular formula is C22H22N4O. The molecule has 3 aromatic rings. The van der Waals surface area contributed by atoms with Crippen LogP contribution in [-0.2, 0) is 19.3 Å². The zero-order valence-electron chi connectivity index (χ0n) is 15.4. The van der Waals surface area contributed by atoms with Gasteiger partial charge in [-0.15, -0.1) is 0 Å². The van der Waals surface area contributed by atoms with Crippen molar-refractivity contribution in [1.82, 2.24) is 15.2 Å². The molecule has 1 aliphatic carbocycles. The number of fused-ring (bicyclic) bond motifs is 1. The van der Waals surface area contributed by atoms with Gasteiger partial charge in [-0.2, -0.15) is 10.2 Å². The minimum absolute atomic E-state index is 0.260. The van der Waals surface area contributed by atoms with Crippen LogP contribution in [0.5, 0.6) is 0 Å². The highest BCUT2D eigenvalue weighted by Crippen LogP contribution is 2.27. The van der Waals surface area contributed by atoms with Gasteiger partial charge < -0.3 is 0 Å². The molecule has 0 unspecified atom stereocenters. The van der Waals surface area contributed by atoms with Gasteiger partial charge >= 0.3 is 0 Å². The van der Waals surface area contributed by atoms with Gasteiger partial charge in [-0.05, 0) is 48.9 Å². The molecule has 136 valence electrons. The average Bonchev–Trinajstić information content (AvgIpc) is 3.32. The first-order valence-corrected chi connectivity index (χ1v) is 9.35. The third kappa shape index (κ3) is 3.53. The number of benzene rings is 2. The van der Waals surface area contributed by atoms with Gasteiger partial charge in [-0.3, -0.25) is 4.79 Å². The predicted molar refractivity (Wildman–Crippen MR) is 106 cm³/mol. The van der Waals surface area contributed by atoms with E-state index in [2.05, 4.69) is 34.7 Å². The number of carbonyl (C=O) groups is 1. The number of carbonyl (C=O) groups excluding carboxylic acids is 1. The minimum Gasteiger partial charge on any atom is -0.265 e. The summed E-state index contributed by atoms with van der Waals surface area (Å²) in [6.45, 7) is 2.12. The van der Waals surface area contributed by atoms with E-state index in [9.17, 15) is 4.79 Å². The molecule has 0 saturated carbocycles. The second kappa shape index (κ2) is 7.58. The van der Waals surface area contributed by atoms with E-state index in [0.717, 1.165) is 48.2 Å². The molecule has 0 saturated heterocycles. The van der Waals surface area contributed by atoms with Crippen molar-refractivity contribution >= 4 is 12.1 Å². The van der Waals surface area contributed by atoms with Crippen molar-refractivity contribution in [2.75, 3.05) is 0 Å². The van der Waals surface area contributed by atoms with Gasteiger partial charge in [0.25, 0.3) is 5.91 Å². The van der Waals surface area contributed by atoms with Crippen LogP contribution in [-0.4, -0.2) is 21.9 Å². The van der Waals surface area contributed by atoms with E-state index < -0.39 is 0 Å². The quantitative estimate of drug-likeness (QED) is 0.559. The molecule has 1 aliphatic rings. The van der Waals surface area contributed by atoms with Crippen molar-refractivity contribution in [3.05, 3.63) is 82.7 Å². The van der Waals surface area contributed by atoms with Gasteiger partial charge in [-0.1, -0.05) is 49.4 Å². The van der Waals surface area contributed by atoms with Gasteiger partial charge in [0, 0.05) is 11.3 Å². The topological polar surface area (TPSA) is 59.3 Å². The molecule has 1 amide bonds. The zero-order valence-corrected chi connectivity index (χ0v) is 15.4. The number of nitrogens with one attached hydrogen (secondary N) is 1. The fourth-order valence-corrected chi connectivity index (χ4v) is 3.46. The Bertz CT molecular complexity index is 972. The third-order valence-corrected chi connectivity index (χ3v) is 4.91. The lowest BCUT2D eigenvalue weighted by Gasteiger charge is -2.04. The summed E-state index contributed by atoms with van der Waals surface area (Å²) in [6.07, 6.45) is 5.53. The van der Waals surface area contributed by atoms with Gasteiger partial charge in [0.05, 0.1) is 11.9 Å². The molecule has 1 N–H and O–H groups in total. The van der Waals surface area contributed by atoms with Crippen LogP contribution in [0.3, 0.4) is 0 Å². The SMILES string of the molecule is CCc1ccc(/C=N/NC(=O)c2nn(-c3ccccc3)c3c2CCC3)cc1. The maximum Gasteiger partial charge on any atom is 0.292 e. The average molecular weight is 358 g/mol. The van der Waals surface area contributed by atoms with Crippen LogP contribution in [0.2, 0.25) is 0 Å². The largest absolute Gasteiger partial charge is 0.292 e. The fourth-order valence-electron chi connectivity index (χ4n) is 3.46. The number of hydrogen-bond acceptors (Lipinski definition) is 3. The Morgan fingerprint density at radius 3 is 2.67 bits per heavy atom. The molecule has 5 heteroatoms. The lowest BCUT2D eigenvalue weighted by molar-refractivity contribution is 0.0949. The van der Waals surface area contributed by atoms with E-state index in [1.807, 2.05) is 47.1 Å². The first-order chi connectivity index (χ1) is 13.3. The van der Waals surface area contributed by atoms with Crippen LogP contribution in [0.4, 0.5) is 0 Å². The Kier molecular flexibility index (Phi) is 4.83. The zero-order chi connectivity index (χ0) is 18.6. The summed E-state index contributed by atoms with van der Waals surface area (Å²) < 4.78 is 1.89. The number of hydrogen-bond donors (Lipinski definition) is 1. The molecule has 0 atom stereocenters. The third-order valence-electron chi connectivity index (χ3n) is 4.91. The van der Waals surface area contributed by atoms with Gasteiger partial charge in [0.2, 0.25) is 0 Å². The smallest absolute Gasteiger partial charge is 0.265 e. The lowest BCUT2D eigenvalue weighted by atomic mass is 10.1. The molecule has 4 rings (SSSR count). The molecule has 0 aliphatic heterocycles. The first kappa shape index (κ1) is 17.2. The standard InChI is InChI=1S/C22H22N4O/c1-2-16-11-13-17(14-12-16)15-23-24-22(27)21-19-9-6-10-20(19)26(25-21)18-7-4-3-5-8-18/h3-5,7-8,11-15H,2,6,9-10H2,1H3,(H,24,27)/b23-15+. The van der Waals surface area contributed by atoms with Crippen LogP contribution in [0, 0.1) is 0 Å². The molecule has 0 radical (unpaired) electrons. The number of amides is 1. The molecular weight excluding hydrogens is 336 g/mol. The maximum atomic E-state index is 12.6. The molecule has 2 aromatic carbocycles. The Morgan fingerprint density at radius 2 is 1.93 bits per heavy atom. The van der Waals surface area contributed by atoms with Crippen molar-refractivity contribution < 1.29 is 4.79 Å². The van der Waals surface area contributed by atoms with Crippen molar-refractivity contribution in [2.24, 2.45) is 5.10 Å². The highest BCUT2D eigenvalue weighted by molar-refractivity contribution is 5.95. The monoisotopic (exact) mass is 358 g/mol. The van der Waals surface area contributed by atoms with E-state index in [1.54, 1.807) is 6.21 Å². The van der Waals surface area contributed by atoms with Gasteiger partial charge in [0.1, 0.15) is 0 Å². The van der Waals surface area contributed by atoms with Gasteiger partial charge in [0.15, 0.2) is 5.69 Å². The number of para-hydroxylation sites is 1. The Labute approximate surface area is 158 Å².